The van der Waals surface area contributed by atoms with Crippen molar-refractivity contribution in [2.24, 2.45) is 0 Å². The number of nitrogens with one attached hydrogen (secondary N) is 1. The molecule has 4 rings (SSSR count). The van der Waals surface area contributed by atoms with Gasteiger partial charge in [0.25, 0.3) is 5.91 Å². The van der Waals surface area contributed by atoms with Crippen LogP contribution in [0.5, 0.6) is 0 Å². The van der Waals surface area contributed by atoms with Crippen LogP contribution in [0.15, 0.2) is 66.7 Å². The summed E-state index contributed by atoms with van der Waals surface area (Å²) in [5.74, 6) is -2.55. The summed E-state index contributed by atoms with van der Waals surface area (Å²) in [5.41, 5.74) is 2.39. The molecule has 0 aliphatic carbocycles. The highest BCUT2D eigenvalue weighted by Gasteiger charge is 2.11. The zero-order valence-corrected chi connectivity index (χ0v) is 14.2. The Bertz CT molecular complexity index is 1090. The Morgan fingerprint density at radius 2 is 1.77 bits per heavy atom. The molecule has 6 heteroatoms. The van der Waals surface area contributed by atoms with Gasteiger partial charge in [0.1, 0.15) is 5.01 Å². The van der Waals surface area contributed by atoms with Crippen LogP contribution in [-0.4, -0.2) is 10.9 Å². The van der Waals surface area contributed by atoms with Gasteiger partial charge >= 0.3 is 0 Å². The molecule has 0 bridgehead atoms. The third-order valence-electron chi connectivity index (χ3n) is 3.84. The Labute approximate surface area is 151 Å². The maximum Gasteiger partial charge on any atom is 0.255 e. The largest absolute Gasteiger partial charge is 0.322 e. The summed E-state index contributed by atoms with van der Waals surface area (Å²) in [6.07, 6.45) is 0. The van der Waals surface area contributed by atoms with Crippen LogP contribution in [0.25, 0.3) is 20.8 Å². The van der Waals surface area contributed by atoms with Crippen LogP contribution in [0.1, 0.15) is 10.4 Å². The van der Waals surface area contributed by atoms with Gasteiger partial charge in [-0.3, -0.25) is 4.79 Å². The molecule has 26 heavy (non-hydrogen) atoms. The first-order valence-corrected chi connectivity index (χ1v) is 8.64. The maximum absolute atomic E-state index is 13.3. The van der Waals surface area contributed by atoms with Crippen molar-refractivity contribution in [1.29, 1.82) is 0 Å². The summed E-state index contributed by atoms with van der Waals surface area (Å²) >= 11 is 1.56. The molecule has 1 N–H and O–H groups in total. The van der Waals surface area contributed by atoms with E-state index in [1.165, 1.54) is 6.07 Å². The number of carbonyl (C=O) groups is 1. The first kappa shape index (κ1) is 16.4. The van der Waals surface area contributed by atoms with Crippen LogP contribution in [-0.2, 0) is 0 Å². The van der Waals surface area contributed by atoms with Gasteiger partial charge < -0.3 is 5.32 Å². The van der Waals surface area contributed by atoms with Gasteiger partial charge in [-0.15, -0.1) is 11.3 Å². The molecule has 3 nitrogen and oxygen atoms in total. The molecular weight excluding hydrogens is 354 g/mol. The topological polar surface area (TPSA) is 42.0 Å². The standard InChI is InChI=1S/C20H12F2N2OS/c21-15-9-8-12(11-16(15)22)19(25)23-14-5-3-4-13(10-14)20-24-17-6-1-2-7-18(17)26-20/h1-11H,(H,23,25). The molecule has 0 fully saturated rings. The number of anilines is 1. The molecule has 0 aliphatic heterocycles. The van der Waals surface area contributed by atoms with E-state index in [9.17, 15) is 13.6 Å². The minimum absolute atomic E-state index is 0.0503. The van der Waals surface area contributed by atoms with E-state index in [4.69, 9.17) is 0 Å². The second-order valence-corrected chi connectivity index (χ2v) is 6.68. The third kappa shape index (κ3) is 3.19. The summed E-state index contributed by atoms with van der Waals surface area (Å²) in [5, 5.41) is 3.54. The quantitative estimate of drug-likeness (QED) is 0.521. The fourth-order valence-electron chi connectivity index (χ4n) is 2.57. The average molecular weight is 366 g/mol. The van der Waals surface area contributed by atoms with E-state index in [-0.39, 0.29) is 5.56 Å². The molecule has 1 amide bonds. The van der Waals surface area contributed by atoms with E-state index >= 15 is 0 Å². The van der Waals surface area contributed by atoms with E-state index in [0.717, 1.165) is 32.9 Å². The lowest BCUT2D eigenvalue weighted by molar-refractivity contribution is 0.102. The molecule has 4 aromatic rings. The molecule has 0 atom stereocenters. The van der Waals surface area contributed by atoms with Gasteiger partial charge in [-0.25, -0.2) is 13.8 Å². The lowest BCUT2D eigenvalue weighted by atomic mass is 10.1. The molecule has 1 heterocycles. The van der Waals surface area contributed by atoms with Crippen molar-refractivity contribution in [3.05, 3.63) is 83.9 Å². The highest BCUT2D eigenvalue weighted by atomic mass is 32.1. The number of nitrogens with zero attached hydrogens (tertiary/aromatic N) is 1. The second-order valence-electron chi connectivity index (χ2n) is 5.65. The number of amides is 1. The lowest BCUT2D eigenvalue weighted by Crippen LogP contribution is -2.12. The number of rotatable bonds is 3. The number of fused-ring (bicyclic) bond motifs is 1. The van der Waals surface area contributed by atoms with E-state index in [1.807, 2.05) is 36.4 Å². The van der Waals surface area contributed by atoms with Crippen LogP contribution in [0.3, 0.4) is 0 Å². The SMILES string of the molecule is O=C(Nc1cccc(-c2nc3ccccc3s2)c1)c1ccc(F)c(F)c1. The average Bonchev–Trinajstić information content (AvgIpc) is 3.08. The number of para-hydroxylation sites is 1. The van der Waals surface area contributed by atoms with Crippen molar-refractivity contribution in [2.75, 3.05) is 5.32 Å². The number of carbonyl (C=O) groups excluding carboxylic acids is 1. The summed E-state index contributed by atoms with van der Waals surface area (Å²) < 4.78 is 27.4. The van der Waals surface area contributed by atoms with Crippen LogP contribution in [0.4, 0.5) is 14.5 Å². The Kier molecular flexibility index (Phi) is 4.18. The van der Waals surface area contributed by atoms with Crippen LogP contribution in [0.2, 0.25) is 0 Å². The summed E-state index contributed by atoms with van der Waals surface area (Å²) in [6, 6.07) is 18.1. The van der Waals surface area contributed by atoms with Crippen LogP contribution in [0, 0.1) is 11.6 Å². The van der Waals surface area contributed by atoms with Gasteiger partial charge in [-0.05, 0) is 42.5 Å². The molecule has 0 radical (unpaired) electrons. The van der Waals surface area contributed by atoms with E-state index < -0.39 is 17.5 Å². The minimum atomic E-state index is -1.05. The van der Waals surface area contributed by atoms with E-state index in [2.05, 4.69) is 10.3 Å². The molecule has 128 valence electrons. The third-order valence-corrected chi connectivity index (χ3v) is 4.93. The zero-order valence-electron chi connectivity index (χ0n) is 13.4. The van der Waals surface area contributed by atoms with Crippen LogP contribution >= 0.6 is 11.3 Å². The number of thiazole rings is 1. The fourth-order valence-corrected chi connectivity index (χ4v) is 3.53. The van der Waals surface area contributed by atoms with Gasteiger partial charge in [0, 0.05) is 16.8 Å². The first-order chi connectivity index (χ1) is 12.6. The monoisotopic (exact) mass is 366 g/mol. The van der Waals surface area contributed by atoms with Crippen molar-refractivity contribution in [2.45, 2.75) is 0 Å². The number of aromatic nitrogens is 1. The van der Waals surface area contributed by atoms with Gasteiger partial charge in [0.2, 0.25) is 0 Å². The summed E-state index contributed by atoms with van der Waals surface area (Å²) in [6.45, 7) is 0. The smallest absolute Gasteiger partial charge is 0.255 e. The lowest BCUT2D eigenvalue weighted by Gasteiger charge is -2.07. The van der Waals surface area contributed by atoms with Crippen molar-refractivity contribution in [3.63, 3.8) is 0 Å². The highest BCUT2D eigenvalue weighted by Crippen LogP contribution is 2.31. The highest BCUT2D eigenvalue weighted by molar-refractivity contribution is 7.21. The minimum Gasteiger partial charge on any atom is -0.322 e. The van der Waals surface area contributed by atoms with Gasteiger partial charge in [0.05, 0.1) is 10.2 Å². The number of benzene rings is 3. The normalized spacial score (nSPS) is 10.8. The number of hydrogen-bond acceptors (Lipinski definition) is 3. The predicted molar refractivity (Wildman–Crippen MR) is 99.4 cm³/mol. The Morgan fingerprint density at radius 3 is 2.58 bits per heavy atom. The summed E-state index contributed by atoms with van der Waals surface area (Å²) in [7, 11) is 0. The van der Waals surface area contributed by atoms with Crippen LogP contribution < -0.4 is 5.32 Å². The van der Waals surface area contributed by atoms with Gasteiger partial charge in [-0.2, -0.15) is 0 Å². The fraction of sp³-hybridized carbons (Fsp3) is 0. The first-order valence-electron chi connectivity index (χ1n) is 7.82. The van der Waals surface area contributed by atoms with E-state index in [1.54, 1.807) is 23.5 Å². The summed E-state index contributed by atoms with van der Waals surface area (Å²) in [4.78, 5) is 16.9. The zero-order chi connectivity index (χ0) is 18.1. The molecular formula is C20H12F2N2OS. The Morgan fingerprint density at radius 1 is 0.923 bits per heavy atom. The Balaban J connectivity index is 1.61. The predicted octanol–water partition coefficient (Wildman–Crippen LogP) is 5.49. The Hall–Kier alpha value is -3.12. The molecule has 1 aromatic heterocycles. The molecule has 3 aromatic carbocycles. The molecule has 0 spiro atoms. The number of hydrogen-bond donors (Lipinski definition) is 1. The molecule has 0 aliphatic rings. The van der Waals surface area contributed by atoms with Crippen molar-refractivity contribution < 1.29 is 13.6 Å². The van der Waals surface area contributed by atoms with Crippen molar-refractivity contribution in [3.8, 4) is 10.6 Å². The maximum atomic E-state index is 13.3. The van der Waals surface area contributed by atoms with Gasteiger partial charge in [0.15, 0.2) is 11.6 Å². The molecule has 0 unspecified atom stereocenters. The molecule has 0 saturated carbocycles. The van der Waals surface area contributed by atoms with Crippen molar-refractivity contribution in [1.82, 2.24) is 4.98 Å². The molecule has 0 saturated heterocycles. The van der Waals surface area contributed by atoms with Gasteiger partial charge in [-0.1, -0.05) is 24.3 Å². The number of halogens is 2. The van der Waals surface area contributed by atoms with Crippen molar-refractivity contribution >= 4 is 33.1 Å². The van der Waals surface area contributed by atoms with E-state index in [0.29, 0.717) is 5.69 Å². The second kappa shape index (κ2) is 6.65.